The van der Waals surface area contributed by atoms with E-state index in [1.807, 2.05) is 0 Å². The number of nitrogens with zero attached hydrogens (tertiary/aromatic N) is 1. The number of anilines is 1. The largest absolute Gasteiger partial charge is 0.465 e. The second-order valence-corrected chi connectivity index (χ2v) is 7.47. The predicted octanol–water partition coefficient (Wildman–Crippen LogP) is 3.86. The molecule has 1 aliphatic carbocycles. The summed E-state index contributed by atoms with van der Waals surface area (Å²) in [5.74, 6) is 0.854. The Kier molecular flexibility index (Phi) is 5.31. The van der Waals surface area contributed by atoms with Gasteiger partial charge in [0.25, 0.3) is 0 Å². The van der Waals surface area contributed by atoms with E-state index in [0.29, 0.717) is 22.2 Å². The quantitative estimate of drug-likeness (QED) is 0.633. The molecule has 2 N–H and O–H groups in total. The van der Waals surface area contributed by atoms with Crippen LogP contribution in [0.15, 0.2) is 28.9 Å². The van der Waals surface area contributed by atoms with E-state index in [2.05, 4.69) is 23.6 Å². The third-order valence-corrected chi connectivity index (χ3v) is 5.40. The van der Waals surface area contributed by atoms with Gasteiger partial charge in [0.1, 0.15) is 16.8 Å². The monoisotopic (exact) mass is 371 g/mol. The molecule has 0 aliphatic heterocycles. The first-order valence-corrected chi connectivity index (χ1v) is 9.17. The van der Waals surface area contributed by atoms with E-state index in [1.54, 1.807) is 29.5 Å². The average molecular weight is 371 g/mol. The van der Waals surface area contributed by atoms with Crippen molar-refractivity contribution in [3.63, 3.8) is 0 Å². The van der Waals surface area contributed by atoms with Gasteiger partial charge in [-0.15, -0.1) is 11.3 Å². The van der Waals surface area contributed by atoms with Gasteiger partial charge >= 0.3 is 0 Å². The molecule has 3 rings (SSSR count). The molecule has 0 spiro atoms. The van der Waals surface area contributed by atoms with Gasteiger partial charge < -0.3 is 9.73 Å². The van der Waals surface area contributed by atoms with Crippen molar-refractivity contribution in [2.45, 2.75) is 26.2 Å². The van der Waals surface area contributed by atoms with E-state index in [0.717, 1.165) is 24.8 Å². The summed E-state index contributed by atoms with van der Waals surface area (Å²) in [6.45, 7) is 2.22. The van der Waals surface area contributed by atoms with E-state index in [-0.39, 0.29) is 11.0 Å². The molecule has 128 valence electrons. The molecule has 7 heteroatoms. The number of fused-ring (bicyclic) bond motifs is 1. The molecule has 0 unspecified atom stereocenters. The van der Waals surface area contributed by atoms with Gasteiger partial charge in [-0.3, -0.25) is 10.1 Å². The molecule has 0 bridgehead atoms. The number of carbonyl (C=O) groups excluding carboxylic acids is 1. The zero-order valence-corrected chi connectivity index (χ0v) is 15.3. The lowest BCUT2D eigenvalue weighted by molar-refractivity contribution is -0.115. The van der Waals surface area contributed by atoms with Crippen LogP contribution < -0.4 is 10.6 Å². The van der Waals surface area contributed by atoms with Crippen molar-refractivity contribution in [1.29, 1.82) is 5.26 Å². The number of carbonyl (C=O) groups is 1. The molecule has 1 atom stereocenters. The highest BCUT2D eigenvalue weighted by atomic mass is 32.1. The van der Waals surface area contributed by atoms with Crippen LogP contribution in [0.1, 0.15) is 35.1 Å². The number of rotatable bonds is 3. The SMILES string of the molecule is C[C@H]1CCc2c(sc(NC(=S)NC(=O)/C=C/c3ccco3)c2C#N)C1. The minimum Gasteiger partial charge on any atom is -0.465 e. The van der Waals surface area contributed by atoms with Gasteiger partial charge in [0.05, 0.1) is 11.8 Å². The Morgan fingerprint density at radius 1 is 1.56 bits per heavy atom. The molecule has 2 aromatic rings. The van der Waals surface area contributed by atoms with Crippen LogP contribution in [-0.2, 0) is 17.6 Å². The summed E-state index contributed by atoms with van der Waals surface area (Å²) in [6, 6.07) is 5.76. The van der Waals surface area contributed by atoms with E-state index >= 15 is 0 Å². The van der Waals surface area contributed by atoms with Crippen LogP contribution in [0.2, 0.25) is 0 Å². The van der Waals surface area contributed by atoms with Crippen molar-refractivity contribution < 1.29 is 9.21 Å². The second-order valence-electron chi connectivity index (χ2n) is 5.96. The van der Waals surface area contributed by atoms with Crippen molar-refractivity contribution in [2.75, 3.05) is 5.32 Å². The highest BCUT2D eigenvalue weighted by Gasteiger charge is 2.24. The van der Waals surface area contributed by atoms with Crippen LogP contribution in [0, 0.1) is 17.2 Å². The smallest absolute Gasteiger partial charge is 0.250 e. The standard InChI is InChI=1S/C18H17N3O2S2/c1-11-4-6-13-14(10-19)17(25-15(13)9-11)21-18(24)20-16(22)7-5-12-3-2-8-23-12/h2-3,5,7-8,11H,4,6,9H2,1H3,(H2,20,21,22,24)/b7-5+/t11-/m0/s1. The Morgan fingerprint density at radius 2 is 2.40 bits per heavy atom. The normalized spacial score (nSPS) is 16.2. The Bertz CT molecular complexity index is 860. The van der Waals surface area contributed by atoms with Gasteiger partial charge in [0.2, 0.25) is 5.91 Å². The van der Waals surface area contributed by atoms with Gasteiger partial charge in [0.15, 0.2) is 5.11 Å². The topological polar surface area (TPSA) is 78.1 Å². The molecule has 25 heavy (non-hydrogen) atoms. The summed E-state index contributed by atoms with van der Waals surface area (Å²) >= 11 is 6.75. The Morgan fingerprint density at radius 3 is 3.12 bits per heavy atom. The molecule has 2 aromatic heterocycles. The van der Waals surface area contributed by atoms with Gasteiger partial charge in [-0.1, -0.05) is 6.92 Å². The van der Waals surface area contributed by atoms with Crippen LogP contribution in [0.3, 0.4) is 0 Å². The van der Waals surface area contributed by atoms with Crippen molar-refractivity contribution >= 4 is 45.7 Å². The lowest BCUT2D eigenvalue weighted by Gasteiger charge is -2.17. The molecule has 5 nitrogen and oxygen atoms in total. The van der Waals surface area contributed by atoms with E-state index in [4.69, 9.17) is 16.6 Å². The van der Waals surface area contributed by atoms with Crippen LogP contribution in [0.25, 0.3) is 6.08 Å². The Balaban J connectivity index is 1.65. The zero-order chi connectivity index (χ0) is 17.8. The minimum atomic E-state index is -0.359. The molecule has 0 aromatic carbocycles. The van der Waals surface area contributed by atoms with Crippen LogP contribution >= 0.6 is 23.6 Å². The molecule has 1 amide bonds. The van der Waals surface area contributed by atoms with Crippen molar-refractivity contribution in [3.05, 3.63) is 46.2 Å². The first kappa shape index (κ1) is 17.4. The highest BCUT2D eigenvalue weighted by Crippen LogP contribution is 2.39. The van der Waals surface area contributed by atoms with Crippen LogP contribution in [0.4, 0.5) is 5.00 Å². The van der Waals surface area contributed by atoms with Crippen LogP contribution in [-0.4, -0.2) is 11.0 Å². The van der Waals surface area contributed by atoms with Gasteiger partial charge in [0, 0.05) is 11.0 Å². The highest BCUT2D eigenvalue weighted by molar-refractivity contribution is 7.80. The molecule has 0 saturated carbocycles. The fourth-order valence-electron chi connectivity index (χ4n) is 2.79. The predicted molar refractivity (Wildman–Crippen MR) is 102 cm³/mol. The summed E-state index contributed by atoms with van der Waals surface area (Å²) in [5.41, 5.74) is 1.77. The van der Waals surface area contributed by atoms with Gasteiger partial charge in [-0.25, -0.2) is 0 Å². The number of thiocarbonyl (C=S) groups is 1. The molecule has 2 heterocycles. The first-order valence-electron chi connectivity index (χ1n) is 7.95. The summed E-state index contributed by atoms with van der Waals surface area (Å²) in [7, 11) is 0. The van der Waals surface area contributed by atoms with E-state index in [9.17, 15) is 10.1 Å². The Hall–Kier alpha value is -2.43. The summed E-state index contributed by atoms with van der Waals surface area (Å²) in [4.78, 5) is 13.1. The third-order valence-electron chi connectivity index (χ3n) is 4.03. The molecular weight excluding hydrogens is 354 g/mol. The third kappa shape index (κ3) is 4.16. The maximum Gasteiger partial charge on any atom is 0.250 e. The average Bonchev–Trinajstić information content (AvgIpc) is 3.19. The fourth-order valence-corrected chi connectivity index (χ4v) is 4.42. The number of furan rings is 1. The van der Waals surface area contributed by atoms with E-state index in [1.165, 1.54) is 17.2 Å². The lowest BCUT2D eigenvalue weighted by Crippen LogP contribution is -2.32. The molecule has 1 aliphatic rings. The molecule has 0 saturated heterocycles. The maximum absolute atomic E-state index is 11.9. The second kappa shape index (κ2) is 7.64. The number of thiophene rings is 1. The summed E-state index contributed by atoms with van der Waals surface area (Å²) < 4.78 is 5.12. The number of nitrogens with one attached hydrogen (secondary N) is 2. The lowest BCUT2D eigenvalue weighted by atomic mass is 9.89. The molecule has 0 radical (unpaired) electrons. The maximum atomic E-state index is 11.9. The summed E-state index contributed by atoms with van der Waals surface area (Å²) in [6.07, 6.45) is 7.44. The van der Waals surface area contributed by atoms with Crippen molar-refractivity contribution in [3.8, 4) is 6.07 Å². The van der Waals surface area contributed by atoms with Crippen molar-refractivity contribution in [2.24, 2.45) is 5.92 Å². The molecule has 0 fully saturated rings. The summed E-state index contributed by atoms with van der Waals surface area (Å²) in [5, 5.41) is 15.9. The van der Waals surface area contributed by atoms with E-state index < -0.39 is 0 Å². The molecular formula is C18H17N3O2S2. The zero-order valence-electron chi connectivity index (χ0n) is 13.7. The first-order chi connectivity index (χ1) is 12.1. The number of nitriles is 1. The fraction of sp³-hybridized carbons (Fsp3) is 0.278. The number of hydrogen-bond donors (Lipinski definition) is 2. The van der Waals surface area contributed by atoms with Gasteiger partial charge in [-0.2, -0.15) is 5.26 Å². The van der Waals surface area contributed by atoms with Crippen LogP contribution in [0.5, 0.6) is 0 Å². The number of hydrogen-bond acceptors (Lipinski definition) is 5. The number of amides is 1. The van der Waals surface area contributed by atoms with Crippen molar-refractivity contribution in [1.82, 2.24) is 5.32 Å². The Labute approximate surface area is 155 Å². The minimum absolute atomic E-state index is 0.178. The van der Waals surface area contributed by atoms with Gasteiger partial charge in [-0.05, 0) is 61.2 Å².